The summed E-state index contributed by atoms with van der Waals surface area (Å²) in [5, 5.41) is 0.722. The number of methoxy groups -OCH3 is 1. The molecule has 0 aliphatic rings. The zero-order valence-corrected chi connectivity index (χ0v) is 8.92. The van der Waals surface area contributed by atoms with E-state index in [4.69, 9.17) is 22.2 Å². The number of nitrogens with two attached hydrogens (primary N) is 1. The topological polar surface area (TPSA) is 47.3 Å². The monoisotopic (exact) mass is 214 g/mol. The van der Waals surface area contributed by atoms with Gasteiger partial charge in [-0.25, -0.2) is 0 Å². The van der Waals surface area contributed by atoms with Crippen molar-refractivity contribution >= 4 is 11.6 Å². The third kappa shape index (κ3) is 3.27. The van der Waals surface area contributed by atoms with Crippen LogP contribution >= 0.6 is 11.6 Å². The van der Waals surface area contributed by atoms with E-state index in [-0.39, 0.29) is 6.04 Å². The first-order valence-electron chi connectivity index (χ1n) is 4.48. The first-order valence-corrected chi connectivity index (χ1v) is 4.86. The second kappa shape index (κ2) is 5.98. The number of ether oxygens (including phenoxy) is 1. The number of halogens is 1. The second-order valence-electron chi connectivity index (χ2n) is 3.06. The van der Waals surface area contributed by atoms with Crippen LogP contribution in [0.15, 0.2) is 24.3 Å². The summed E-state index contributed by atoms with van der Waals surface area (Å²) in [7, 11) is 1.67. The molecule has 1 atom stereocenters. The maximum Gasteiger partial charge on any atom is 0.0482 e. The van der Waals surface area contributed by atoms with Crippen LogP contribution in [-0.2, 0) is 4.74 Å². The van der Waals surface area contributed by atoms with Crippen molar-refractivity contribution in [3.05, 3.63) is 34.9 Å². The molecule has 3 nitrogen and oxygen atoms in total. The minimum Gasteiger partial charge on any atom is -0.385 e. The maximum absolute atomic E-state index is 5.88. The van der Waals surface area contributed by atoms with Crippen molar-refractivity contribution in [3.8, 4) is 0 Å². The molecule has 0 aliphatic carbocycles. The van der Waals surface area contributed by atoms with Crippen molar-refractivity contribution in [1.82, 2.24) is 5.43 Å². The molecule has 0 amide bonds. The van der Waals surface area contributed by atoms with Gasteiger partial charge in [0.15, 0.2) is 0 Å². The molecule has 0 spiro atoms. The molecular weight excluding hydrogens is 200 g/mol. The number of nitrogens with one attached hydrogen (secondary N) is 1. The van der Waals surface area contributed by atoms with Gasteiger partial charge in [-0.2, -0.15) is 0 Å². The Hall–Kier alpha value is -0.610. The van der Waals surface area contributed by atoms with Crippen molar-refractivity contribution < 1.29 is 4.74 Å². The molecule has 1 aromatic rings. The lowest BCUT2D eigenvalue weighted by Crippen LogP contribution is -2.28. The molecule has 0 aliphatic heterocycles. The fraction of sp³-hybridized carbons (Fsp3) is 0.400. The summed E-state index contributed by atoms with van der Waals surface area (Å²) in [5.41, 5.74) is 3.82. The summed E-state index contributed by atoms with van der Waals surface area (Å²) in [6.07, 6.45) is 0.827. The van der Waals surface area contributed by atoms with E-state index in [1.807, 2.05) is 24.3 Å². The summed E-state index contributed by atoms with van der Waals surface area (Å²) in [5.74, 6) is 5.45. The van der Waals surface area contributed by atoms with Gasteiger partial charge in [-0.15, -0.1) is 0 Å². The summed E-state index contributed by atoms with van der Waals surface area (Å²) >= 11 is 5.88. The van der Waals surface area contributed by atoms with E-state index in [1.54, 1.807) is 7.11 Å². The number of benzene rings is 1. The van der Waals surface area contributed by atoms with Crippen LogP contribution in [-0.4, -0.2) is 13.7 Å². The van der Waals surface area contributed by atoms with Crippen LogP contribution in [0.2, 0.25) is 5.02 Å². The van der Waals surface area contributed by atoms with Crippen LogP contribution in [0.25, 0.3) is 0 Å². The largest absolute Gasteiger partial charge is 0.385 e. The smallest absolute Gasteiger partial charge is 0.0482 e. The predicted octanol–water partition coefficient (Wildman–Crippen LogP) is 1.88. The van der Waals surface area contributed by atoms with Crippen molar-refractivity contribution in [3.63, 3.8) is 0 Å². The van der Waals surface area contributed by atoms with Crippen molar-refractivity contribution in [2.75, 3.05) is 13.7 Å². The lowest BCUT2D eigenvalue weighted by atomic mass is 10.1. The van der Waals surface area contributed by atoms with Crippen LogP contribution in [0.4, 0.5) is 0 Å². The van der Waals surface area contributed by atoms with Crippen molar-refractivity contribution in [2.24, 2.45) is 5.84 Å². The van der Waals surface area contributed by atoms with Gasteiger partial charge in [0.1, 0.15) is 0 Å². The van der Waals surface area contributed by atoms with Crippen LogP contribution in [0.3, 0.4) is 0 Å². The Labute approximate surface area is 89.2 Å². The first kappa shape index (κ1) is 11.5. The lowest BCUT2D eigenvalue weighted by molar-refractivity contribution is 0.183. The van der Waals surface area contributed by atoms with Gasteiger partial charge in [-0.1, -0.05) is 23.7 Å². The number of hydrogen-bond acceptors (Lipinski definition) is 3. The Bertz CT molecular complexity index is 281. The van der Waals surface area contributed by atoms with Crippen LogP contribution in [0.1, 0.15) is 18.0 Å². The standard InChI is InChI=1S/C10H15ClN2O/c1-14-6-5-10(13-12)8-3-2-4-9(11)7-8/h2-4,7,10,13H,5-6,12H2,1H3. The highest BCUT2D eigenvalue weighted by molar-refractivity contribution is 6.30. The van der Waals surface area contributed by atoms with Gasteiger partial charge in [0, 0.05) is 24.8 Å². The molecule has 0 radical (unpaired) electrons. The third-order valence-corrected chi connectivity index (χ3v) is 2.30. The third-order valence-electron chi connectivity index (χ3n) is 2.06. The molecule has 78 valence electrons. The molecule has 1 unspecified atom stereocenters. The predicted molar refractivity (Wildman–Crippen MR) is 58.0 cm³/mol. The average molecular weight is 215 g/mol. The van der Waals surface area contributed by atoms with E-state index in [2.05, 4.69) is 5.43 Å². The van der Waals surface area contributed by atoms with Crippen molar-refractivity contribution in [2.45, 2.75) is 12.5 Å². The Morgan fingerprint density at radius 2 is 2.36 bits per heavy atom. The molecule has 0 aromatic heterocycles. The van der Waals surface area contributed by atoms with Crippen LogP contribution in [0, 0.1) is 0 Å². The zero-order chi connectivity index (χ0) is 10.4. The summed E-state index contributed by atoms with van der Waals surface area (Å²) < 4.78 is 5.00. The summed E-state index contributed by atoms with van der Waals surface area (Å²) in [6, 6.07) is 7.74. The molecule has 3 N–H and O–H groups in total. The fourth-order valence-electron chi connectivity index (χ4n) is 1.31. The normalized spacial score (nSPS) is 12.8. The van der Waals surface area contributed by atoms with Gasteiger partial charge in [0.05, 0.1) is 0 Å². The number of rotatable bonds is 5. The van der Waals surface area contributed by atoms with E-state index in [1.165, 1.54) is 0 Å². The molecule has 0 bridgehead atoms. The maximum atomic E-state index is 5.88. The van der Waals surface area contributed by atoms with Gasteiger partial charge >= 0.3 is 0 Å². The van der Waals surface area contributed by atoms with E-state index in [0.29, 0.717) is 6.61 Å². The Morgan fingerprint density at radius 3 is 2.93 bits per heavy atom. The van der Waals surface area contributed by atoms with E-state index in [9.17, 15) is 0 Å². The quantitative estimate of drug-likeness (QED) is 0.581. The average Bonchev–Trinajstić information content (AvgIpc) is 2.19. The van der Waals surface area contributed by atoms with Gasteiger partial charge < -0.3 is 4.74 Å². The minimum atomic E-state index is 0.0913. The van der Waals surface area contributed by atoms with E-state index < -0.39 is 0 Å². The number of hydrogen-bond donors (Lipinski definition) is 2. The molecule has 0 fully saturated rings. The first-order chi connectivity index (χ1) is 6.77. The molecule has 0 heterocycles. The lowest BCUT2D eigenvalue weighted by Gasteiger charge is -2.15. The Balaban J connectivity index is 2.68. The molecule has 0 saturated carbocycles. The second-order valence-corrected chi connectivity index (χ2v) is 3.49. The van der Waals surface area contributed by atoms with E-state index in [0.717, 1.165) is 17.0 Å². The van der Waals surface area contributed by atoms with Gasteiger partial charge in [0.25, 0.3) is 0 Å². The Morgan fingerprint density at radius 1 is 1.57 bits per heavy atom. The molecular formula is C10H15ClN2O. The summed E-state index contributed by atoms with van der Waals surface area (Å²) in [6.45, 7) is 0.668. The fourth-order valence-corrected chi connectivity index (χ4v) is 1.50. The van der Waals surface area contributed by atoms with Crippen LogP contribution < -0.4 is 11.3 Å². The highest BCUT2D eigenvalue weighted by Gasteiger charge is 2.08. The molecule has 0 saturated heterocycles. The SMILES string of the molecule is COCCC(NN)c1cccc(Cl)c1. The van der Waals surface area contributed by atoms with Gasteiger partial charge in [0.2, 0.25) is 0 Å². The molecule has 14 heavy (non-hydrogen) atoms. The summed E-state index contributed by atoms with van der Waals surface area (Å²) in [4.78, 5) is 0. The van der Waals surface area contributed by atoms with Crippen molar-refractivity contribution in [1.29, 1.82) is 0 Å². The number of hydrazine groups is 1. The van der Waals surface area contributed by atoms with Gasteiger partial charge in [-0.05, 0) is 24.1 Å². The van der Waals surface area contributed by atoms with Crippen LogP contribution in [0.5, 0.6) is 0 Å². The molecule has 4 heteroatoms. The highest BCUT2D eigenvalue weighted by atomic mass is 35.5. The molecule has 1 aromatic carbocycles. The zero-order valence-electron chi connectivity index (χ0n) is 8.16. The van der Waals surface area contributed by atoms with Gasteiger partial charge in [-0.3, -0.25) is 11.3 Å². The minimum absolute atomic E-state index is 0.0913. The molecule has 1 rings (SSSR count). The Kier molecular flexibility index (Phi) is 4.90. The highest BCUT2D eigenvalue weighted by Crippen LogP contribution is 2.19. The van der Waals surface area contributed by atoms with E-state index >= 15 is 0 Å².